The average molecular weight is 320 g/mol. The van der Waals surface area contributed by atoms with Gasteiger partial charge in [0.05, 0.1) is 0 Å². The van der Waals surface area contributed by atoms with E-state index in [4.69, 9.17) is 5.73 Å². The van der Waals surface area contributed by atoms with Crippen molar-refractivity contribution in [1.29, 1.82) is 0 Å². The maximum absolute atomic E-state index is 6.61. The molecular formula is C22H28N2. The molecule has 0 bridgehead atoms. The fourth-order valence-corrected chi connectivity index (χ4v) is 4.80. The summed E-state index contributed by atoms with van der Waals surface area (Å²) in [6, 6.07) is 14.3. The van der Waals surface area contributed by atoms with Crippen LogP contribution in [0.3, 0.4) is 0 Å². The van der Waals surface area contributed by atoms with E-state index in [9.17, 15) is 0 Å². The van der Waals surface area contributed by atoms with Crippen LogP contribution in [0.25, 0.3) is 11.1 Å². The molecule has 2 N–H and O–H groups in total. The van der Waals surface area contributed by atoms with Crippen LogP contribution >= 0.6 is 0 Å². The Bertz CT molecular complexity index is 791. The van der Waals surface area contributed by atoms with Crippen LogP contribution in [0.1, 0.15) is 60.9 Å². The van der Waals surface area contributed by atoms with Gasteiger partial charge in [0.2, 0.25) is 0 Å². The van der Waals surface area contributed by atoms with Crippen molar-refractivity contribution >= 4 is 0 Å². The number of benzene rings is 2. The van der Waals surface area contributed by atoms with Gasteiger partial charge in [-0.2, -0.15) is 0 Å². The Labute approximate surface area is 145 Å². The quantitative estimate of drug-likeness (QED) is 0.867. The average Bonchev–Trinajstić information content (AvgIpc) is 2.96. The van der Waals surface area contributed by atoms with Gasteiger partial charge >= 0.3 is 0 Å². The third-order valence-corrected chi connectivity index (χ3v) is 6.36. The summed E-state index contributed by atoms with van der Waals surface area (Å²) in [5.41, 5.74) is 14.8. The van der Waals surface area contributed by atoms with E-state index in [-0.39, 0.29) is 5.54 Å². The van der Waals surface area contributed by atoms with Gasteiger partial charge in [0.1, 0.15) is 0 Å². The number of hydrogen-bond acceptors (Lipinski definition) is 2. The van der Waals surface area contributed by atoms with Gasteiger partial charge in [-0.1, -0.05) is 37.3 Å². The van der Waals surface area contributed by atoms with Crippen molar-refractivity contribution in [3.63, 3.8) is 0 Å². The van der Waals surface area contributed by atoms with E-state index < -0.39 is 0 Å². The minimum atomic E-state index is -0.266. The molecule has 4 rings (SSSR count). The maximum atomic E-state index is 6.61. The first-order valence-corrected chi connectivity index (χ1v) is 9.17. The van der Waals surface area contributed by atoms with Gasteiger partial charge < -0.3 is 5.73 Å². The Kier molecular flexibility index (Phi) is 3.59. The first-order valence-electron chi connectivity index (χ1n) is 9.17. The normalized spacial score (nSPS) is 24.9. The summed E-state index contributed by atoms with van der Waals surface area (Å²) in [7, 11) is 2.27. The second-order valence-electron chi connectivity index (χ2n) is 7.93. The smallest absolute Gasteiger partial charge is 0.0420 e. The number of nitrogens with zero attached hydrogens (tertiary/aromatic N) is 1. The molecule has 2 aromatic rings. The van der Waals surface area contributed by atoms with Crippen molar-refractivity contribution in [3.05, 3.63) is 58.7 Å². The first-order chi connectivity index (χ1) is 11.4. The van der Waals surface area contributed by atoms with Crippen LogP contribution in [0.5, 0.6) is 0 Å². The van der Waals surface area contributed by atoms with E-state index in [2.05, 4.69) is 69.1 Å². The molecule has 0 amide bonds. The summed E-state index contributed by atoms with van der Waals surface area (Å²) in [4.78, 5) is 2.52. The molecule has 24 heavy (non-hydrogen) atoms. The van der Waals surface area contributed by atoms with Crippen molar-refractivity contribution in [2.45, 2.75) is 51.1 Å². The molecule has 0 aromatic heterocycles. The van der Waals surface area contributed by atoms with Gasteiger partial charge in [-0.15, -0.1) is 0 Å². The first kappa shape index (κ1) is 15.9. The molecular weight excluding hydrogens is 292 g/mol. The Hall–Kier alpha value is -1.64. The van der Waals surface area contributed by atoms with Gasteiger partial charge in [-0.05, 0) is 79.7 Å². The Morgan fingerprint density at radius 2 is 1.92 bits per heavy atom. The van der Waals surface area contributed by atoms with E-state index in [1.165, 1.54) is 46.3 Å². The maximum Gasteiger partial charge on any atom is 0.0420 e. The van der Waals surface area contributed by atoms with Gasteiger partial charge in [-0.25, -0.2) is 0 Å². The molecule has 0 saturated carbocycles. The summed E-state index contributed by atoms with van der Waals surface area (Å²) >= 11 is 0. The zero-order valence-corrected chi connectivity index (χ0v) is 15.3. The lowest BCUT2D eigenvalue weighted by molar-refractivity contribution is 0.302. The van der Waals surface area contributed by atoms with Crippen LogP contribution in [0.4, 0.5) is 0 Å². The van der Waals surface area contributed by atoms with Crippen molar-refractivity contribution in [2.24, 2.45) is 5.73 Å². The SMILES string of the molecule is CCC(C)(N)c1cc2c(cc1C)C1CCN(C)C1c1ccccc1-2. The standard InChI is InChI=1S/C22H28N2/c1-5-22(3,23)20-13-19-15-8-6-7-9-16(15)21-17(10-11-24(21)4)18(19)12-14(20)2/h6-9,12-13,17,21H,5,10-11,23H2,1-4H3. The molecule has 2 aromatic carbocycles. The van der Waals surface area contributed by atoms with Crippen LogP contribution < -0.4 is 5.73 Å². The Morgan fingerprint density at radius 1 is 1.17 bits per heavy atom. The predicted octanol–water partition coefficient (Wildman–Crippen LogP) is 4.72. The summed E-state index contributed by atoms with van der Waals surface area (Å²) in [6.45, 7) is 7.73. The van der Waals surface area contributed by atoms with Crippen LogP contribution in [-0.4, -0.2) is 18.5 Å². The predicted molar refractivity (Wildman–Crippen MR) is 101 cm³/mol. The topological polar surface area (TPSA) is 29.3 Å². The van der Waals surface area contributed by atoms with E-state index in [0.717, 1.165) is 6.42 Å². The third kappa shape index (κ3) is 2.17. The van der Waals surface area contributed by atoms with Crippen molar-refractivity contribution in [3.8, 4) is 11.1 Å². The van der Waals surface area contributed by atoms with E-state index >= 15 is 0 Å². The number of rotatable bonds is 2. The Morgan fingerprint density at radius 3 is 2.67 bits per heavy atom. The summed E-state index contributed by atoms with van der Waals surface area (Å²) in [5.74, 6) is 0.610. The van der Waals surface area contributed by atoms with Gasteiger partial charge in [0, 0.05) is 17.5 Å². The zero-order chi connectivity index (χ0) is 17.1. The van der Waals surface area contributed by atoms with E-state index in [1.807, 2.05) is 0 Å². The van der Waals surface area contributed by atoms with Crippen LogP contribution in [-0.2, 0) is 5.54 Å². The molecule has 0 radical (unpaired) electrons. The molecule has 1 heterocycles. The molecule has 126 valence electrons. The zero-order valence-electron chi connectivity index (χ0n) is 15.3. The summed E-state index contributed by atoms with van der Waals surface area (Å²) in [6.07, 6.45) is 2.19. The number of aryl methyl sites for hydroxylation is 1. The minimum absolute atomic E-state index is 0.266. The highest BCUT2D eigenvalue weighted by atomic mass is 15.2. The van der Waals surface area contributed by atoms with E-state index in [0.29, 0.717) is 12.0 Å². The third-order valence-electron chi connectivity index (χ3n) is 6.36. The summed E-state index contributed by atoms with van der Waals surface area (Å²) < 4.78 is 0. The highest BCUT2D eigenvalue weighted by Gasteiger charge is 2.40. The lowest BCUT2D eigenvalue weighted by atomic mass is 9.73. The number of nitrogens with two attached hydrogens (primary N) is 1. The fourth-order valence-electron chi connectivity index (χ4n) is 4.80. The van der Waals surface area contributed by atoms with Crippen LogP contribution in [0.2, 0.25) is 0 Å². The molecule has 1 fully saturated rings. The van der Waals surface area contributed by atoms with Gasteiger partial charge in [0.15, 0.2) is 0 Å². The summed E-state index contributed by atoms with van der Waals surface area (Å²) in [5, 5.41) is 0. The minimum Gasteiger partial charge on any atom is -0.322 e. The molecule has 1 saturated heterocycles. The molecule has 2 nitrogen and oxygen atoms in total. The van der Waals surface area contributed by atoms with Crippen molar-refractivity contribution < 1.29 is 0 Å². The molecule has 3 unspecified atom stereocenters. The number of hydrogen-bond donors (Lipinski definition) is 1. The number of likely N-dealkylation sites (N-methyl/N-ethyl adjacent to an activating group) is 1. The molecule has 2 aliphatic rings. The second kappa shape index (κ2) is 5.44. The van der Waals surface area contributed by atoms with Crippen molar-refractivity contribution in [2.75, 3.05) is 13.6 Å². The molecule has 2 heteroatoms. The fraction of sp³-hybridized carbons (Fsp3) is 0.455. The van der Waals surface area contributed by atoms with E-state index in [1.54, 1.807) is 0 Å². The highest BCUT2D eigenvalue weighted by molar-refractivity contribution is 5.77. The van der Waals surface area contributed by atoms with Gasteiger partial charge in [0.25, 0.3) is 0 Å². The monoisotopic (exact) mass is 320 g/mol. The lowest BCUT2D eigenvalue weighted by Crippen LogP contribution is -2.33. The molecule has 1 aliphatic heterocycles. The van der Waals surface area contributed by atoms with Crippen LogP contribution in [0, 0.1) is 6.92 Å². The Balaban J connectivity index is 1.98. The van der Waals surface area contributed by atoms with Gasteiger partial charge in [-0.3, -0.25) is 4.90 Å². The molecule has 0 spiro atoms. The number of fused-ring (bicyclic) bond motifs is 6. The number of likely N-dealkylation sites (tertiary alicyclic amines) is 1. The lowest BCUT2D eigenvalue weighted by Gasteiger charge is -2.36. The molecule has 3 atom stereocenters. The molecule has 1 aliphatic carbocycles. The van der Waals surface area contributed by atoms with Crippen molar-refractivity contribution in [1.82, 2.24) is 4.90 Å². The second-order valence-corrected chi connectivity index (χ2v) is 7.93. The van der Waals surface area contributed by atoms with Crippen LogP contribution in [0.15, 0.2) is 36.4 Å². The largest absolute Gasteiger partial charge is 0.322 e. The highest BCUT2D eigenvalue weighted by Crippen LogP contribution is 2.53.